The van der Waals surface area contributed by atoms with Crippen LogP contribution in [0.1, 0.15) is 63.8 Å². The van der Waals surface area contributed by atoms with Gasteiger partial charge in [-0.3, -0.25) is 9.59 Å². The van der Waals surface area contributed by atoms with Crippen LogP contribution < -0.4 is 9.47 Å². The summed E-state index contributed by atoms with van der Waals surface area (Å²) in [6.45, 7) is 7.41. The van der Waals surface area contributed by atoms with Crippen LogP contribution in [-0.2, 0) is 0 Å². The maximum atomic E-state index is 13.3. The highest BCUT2D eigenvalue weighted by atomic mass is 16.5. The fraction of sp³-hybridized carbons (Fsp3) is 0.304. The van der Waals surface area contributed by atoms with Gasteiger partial charge in [-0.2, -0.15) is 0 Å². The number of hydrogen-bond acceptors (Lipinski definition) is 6. The van der Waals surface area contributed by atoms with Crippen molar-refractivity contribution < 1.29 is 29.3 Å². The van der Waals surface area contributed by atoms with Crippen molar-refractivity contribution in [3.05, 3.63) is 70.3 Å². The van der Waals surface area contributed by atoms with Gasteiger partial charge in [-0.1, -0.05) is 37.8 Å². The Kier molecular flexibility index (Phi) is 5.86. The van der Waals surface area contributed by atoms with Gasteiger partial charge in [-0.25, -0.2) is 0 Å². The first-order valence-electron chi connectivity index (χ1n) is 9.40. The second kappa shape index (κ2) is 8.19. The molecule has 6 heteroatoms. The number of fused-ring (bicyclic) bond motifs is 2. The van der Waals surface area contributed by atoms with Crippen LogP contribution in [0.25, 0.3) is 0 Å². The molecule has 2 aromatic carbocycles. The normalized spacial score (nSPS) is 14.7. The van der Waals surface area contributed by atoms with Crippen LogP contribution in [0.3, 0.4) is 0 Å². The molecular formula is C23H24O6. The molecule has 0 radical (unpaired) electrons. The SMILES string of the molecule is C=C(CC)COc1cc(C(O)C(C)O)c(OC)c2c1C(=O)c1ccccc1C2=O. The fourth-order valence-corrected chi connectivity index (χ4v) is 3.35. The van der Waals surface area contributed by atoms with E-state index in [4.69, 9.17) is 9.47 Å². The molecule has 0 saturated carbocycles. The number of rotatable bonds is 7. The van der Waals surface area contributed by atoms with E-state index >= 15 is 0 Å². The first-order valence-corrected chi connectivity index (χ1v) is 9.40. The largest absolute Gasteiger partial charge is 0.496 e. The van der Waals surface area contributed by atoms with E-state index < -0.39 is 18.0 Å². The smallest absolute Gasteiger partial charge is 0.198 e. The molecule has 0 amide bonds. The molecule has 2 unspecified atom stereocenters. The van der Waals surface area contributed by atoms with E-state index in [-0.39, 0.29) is 51.7 Å². The molecule has 2 N–H and O–H groups in total. The number of aliphatic hydroxyl groups excluding tert-OH is 2. The van der Waals surface area contributed by atoms with Gasteiger partial charge >= 0.3 is 0 Å². The zero-order valence-electron chi connectivity index (χ0n) is 16.7. The minimum Gasteiger partial charge on any atom is -0.496 e. The third-order valence-corrected chi connectivity index (χ3v) is 5.05. The van der Waals surface area contributed by atoms with Crippen LogP contribution in [0.4, 0.5) is 0 Å². The molecule has 29 heavy (non-hydrogen) atoms. The fourth-order valence-electron chi connectivity index (χ4n) is 3.35. The zero-order valence-corrected chi connectivity index (χ0v) is 16.7. The Balaban J connectivity index is 2.29. The van der Waals surface area contributed by atoms with Crippen LogP contribution in [-0.4, -0.2) is 41.6 Å². The summed E-state index contributed by atoms with van der Waals surface area (Å²) in [6, 6.07) is 8.00. The van der Waals surface area contributed by atoms with Crippen molar-refractivity contribution in [3.8, 4) is 11.5 Å². The van der Waals surface area contributed by atoms with Crippen molar-refractivity contribution in [1.82, 2.24) is 0 Å². The first-order chi connectivity index (χ1) is 13.8. The van der Waals surface area contributed by atoms with E-state index in [0.717, 1.165) is 5.57 Å². The Labute approximate surface area is 169 Å². The van der Waals surface area contributed by atoms with Crippen LogP contribution in [0, 0.1) is 0 Å². The molecule has 0 aromatic heterocycles. The van der Waals surface area contributed by atoms with Crippen molar-refractivity contribution in [1.29, 1.82) is 0 Å². The highest BCUT2D eigenvalue weighted by Crippen LogP contribution is 2.43. The predicted octanol–water partition coefficient (Wildman–Crippen LogP) is 3.23. The van der Waals surface area contributed by atoms with Gasteiger partial charge in [0, 0.05) is 16.7 Å². The summed E-state index contributed by atoms with van der Waals surface area (Å²) in [4.78, 5) is 26.5. The molecule has 2 aromatic rings. The Bertz CT molecular complexity index is 989. The number of benzene rings is 2. The van der Waals surface area contributed by atoms with Gasteiger partial charge in [0.1, 0.15) is 24.2 Å². The summed E-state index contributed by atoms with van der Waals surface area (Å²) in [6.07, 6.45) is -1.76. The number of carbonyl (C=O) groups excluding carboxylic acids is 2. The highest BCUT2D eigenvalue weighted by molar-refractivity contribution is 6.30. The Hall–Kier alpha value is -2.96. The van der Waals surface area contributed by atoms with Crippen LogP contribution in [0.5, 0.6) is 11.5 Å². The molecular weight excluding hydrogens is 372 g/mol. The Morgan fingerprint density at radius 3 is 2.21 bits per heavy atom. The first kappa shape index (κ1) is 20.8. The number of carbonyl (C=O) groups is 2. The number of aliphatic hydroxyl groups is 2. The van der Waals surface area contributed by atoms with Crippen molar-refractivity contribution in [2.24, 2.45) is 0 Å². The highest BCUT2D eigenvalue weighted by Gasteiger charge is 2.38. The van der Waals surface area contributed by atoms with Crippen molar-refractivity contribution >= 4 is 11.6 Å². The molecule has 0 aliphatic heterocycles. The molecule has 0 fully saturated rings. The summed E-state index contributed by atoms with van der Waals surface area (Å²) in [7, 11) is 1.35. The molecule has 152 valence electrons. The van der Waals surface area contributed by atoms with E-state index in [2.05, 4.69) is 6.58 Å². The second-order valence-corrected chi connectivity index (χ2v) is 7.03. The molecule has 3 rings (SSSR count). The molecule has 1 aliphatic rings. The number of hydrogen-bond donors (Lipinski definition) is 2. The Morgan fingerprint density at radius 2 is 1.69 bits per heavy atom. The van der Waals surface area contributed by atoms with Gasteiger partial charge in [0.05, 0.1) is 24.3 Å². The zero-order chi connectivity index (χ0) is 21.3. The lowest BCUT2D eigenvalue weighted by Crippen LogP contribution is -2.25. The maximum Gasteiger partial charge on any atom is 0.198 e. The van der Waals surface area contributed by atoms with Gasteiger partial charge in [0.2, 0.25) is 0 Å². The Morgan fingerprint density at radius 1 is 1.10 bits per heavy atom. The summed E-state index contributed by atoms with van der Waals surface area (Å²) in [5, 5.41) is 20.4. The van der Waals surface area contributed by atoms with E-state index in [1.54, 1.807) is 24.3 Å². The number of ketones is 2. The van der Waals surface area contributed by atoms with E-state index in [1.165, 1.54) is 20.1 Å². The monoisotopic (exact) mass is 396 g/mol. The van der Waals surface area contributed by atoms with Crippen molar-refractivity contribution in [2.45, 2.75) is 32.5 Å². The second-order valence-electron chi connectivity index (χ2n) is 7.03. The average molecular weight is 396 g/mol. The molecule has 2 atom stereocenters. The molecule has 0 heterocycles. The lowest BCUT2D eigenvalue weighted by molar-refractivity contribution is 0.0288. The van der Waals surface area contributed by atoms with E-state index in [9.17, 15) is 19.8 Å². The van der Waals surface area contributed by atoms with E-state index in [1.807, 2.05) is 6.92 Å². The van der Waals surface area contributed by atoms with Gasteiger partial charge in [0.15, 0.2) is 11.6 Å². The lowest BCUT2D eigenvalue weighted by Gasteiger charge is -2.26. The molecule has 6 nitrogen and oxygen atoms in total. The van der Waals surface area contributed by atoms with Gasteiger partial charge in [-0.15, -0.1) is 0 Å². The average Bonchev–Trinajstić information content (AvgIpc) is 2.73. The molecule has 0 saturated heterocycles. The van der Waals surface area contributed by atoms with Crippen molar-refractivity contribution in [2.75, 3.05) is 13.7 Å². The van der Waals surface area contributed by atoms with Crippen molar-refractivity contribution in [3.63, 3.8) is 0 Å². The summed E-state index contributed by atoms with van der Waals surface area (Å²) in [5.74, 6) is -0.546. The molecule has 0 bridgehead atoms. The van der Waals surface area contributed by atoms with Gasteiger partial charge < -0.3 is 19.7 Å². The number of methoxy groups -OCH3 is 1. The quantitative estimate of drug-likeness (QED) is 0.596. The minimum absolute atomic E-state index is 0.0329. The maximum absolute atomic E-state index is 13.3. The lowest BCUT2D eigenvalue weighted by atomic mass is 9.81. The predicted molar refractivity (Wildman–Crippen MR) is 108 cm³/mol. The van der Waals surface area contributed by atoms with Crippen LogP contribution in [0.2, 0.25) is 0 Å². The number of ether oxygens (including phenoxy) is 2. The summed E-state index contributed by atoms with van der Waals surface area (Å²) < 4.78 is 11.3. The standard InChI is InChI=1S/C23H24O6/c1-5-12(2)11-29-17-10-16(20(25)13(3)24)23(28-4)19-18(17)21(26)14-8-6-7-9-15(14)22(19)27/h6-10,13,20,24-25H,2,5,11H2,1,3-4H3. The van der Waals surface area contributed by atoms with Gasteiger partial charge in [0.25, 0.3) is 0 Å². The third-order valence-electron chi connectivity index (χ3n) is 5.05. The summed E-state index contributed by atoms with van der Waals surface area (Å²) in [5.41, 5.74) is 1.66. The van der Waals surface area contributed by atoms with E-state index in [0.29, 0.717) is 6.42 Å². The van der Waals surface area contributed by atoms with Crippen LogP contribution >= 0.6 is 0 Å². The third kappa shape index (κ3) is 3.57. The topological polar surface area (TPSA) is 93.1 Å². The van der Waals surface area contributed by atoms with Gasteiger partial charge in [-0.05, 0) is 25.0 Å². The molecule has 1 aliphatic carbocycles. The minimum atomic E-state index is -1.33. The summed E-state index contributed by atoms with van der Waals surface area (Å²) >= 11 is 0. The van der Waals surface area contributed by atoms with Crippen LogP contribution in [0.15, 0.2) is 42.5 Å². The molecule has 0 spiro atoms.